The summed E-state index contributed by atoms with van der Waals surface area (Å²) in [6.07, 6.45) is 0.578. The van der Waals surface area contributed by atoms with Gasteiger partial charge < -0.3 is 0 Å². The molecule has 0 aromatic heterocycles. The summed E-state index contributed by atoms with van der Waals surface area (Å²) in [5.41, 5.74) is 6.35. The second-order valence-electron chi connectivity index (χ2n) is 7.12. The molecule has 2 heteroatoms. The molecule has 0 N–H and O–H groups in total. The predicted molar refractivity (Wildman–Crippen MR) is 124 cm³/mol. The fourth-order valence-corrected chi connectivity index (χ4v) is 3.47. The SMILES string of the molecule is N#CC(Cc1ccc(-c2ccccc2)cc1)N=C(c1ccccc1)c1ccccc1. The summed E-state index contributed by atoms with van der Waals surface area (Å²) >= 11 is 0. The van der Waals surface area contributed by atoms with Gasteiger partial charge in [0.15, 0.2) is 0 Å². The van der Waals surface area contributed by atoms with E-state index >= 15 is 0 Å². The van der Waals surface area contributed by atoms with Crippen molar-refractivity contribution in [3.05, 3.63) is 132 Å². The van der Waals surface area contributed by atoms with Gasteiger partial charge in [0.2, 0.25) is 0 Å². The summed E-state index contributed by atoms with van der Waals surface area (Å²) in [6.45, 7) is 0. The first kappa shape index (κ1) is 19.4. The molecule has 0 fully saturated rings. The molecule has 0 bridgehead atoms. The second-order valence-corrected chi connectivity index (χ2v) is 7.12. The summed E-state index contributed by atoms with van der Waals surface area (Å²) < 4.78 is 0. The number of aliphatic imine (C=N–C) groups is 1. The van der Waals surface area contributed by atoms with Crippen LogP contribution in [0.15, 0.2) is 120 Å². The lowest BCUT2D eigenvalue weighted by molar-refractivity contribution is 0.825. The van der Waals surface area contributed by atoms with Crippen molar-refractivity contribution in [1.82, 2.24) is 0 Å². The maximum Gasteiger partial charge on any atom is 0.141 e. The van der Waals surface area contributed by atoms with E-state index in [1.165, 1.54) is 11.1 Å². The molecule has 4 rings (SSSR count). The third-order valence-electron chi connectivity index (χ3n) is 5.02. The van der Waals surface area contributed by atoms with Gasteiger partial charge in [-0.05, 0) is 16.7 Å². The highest BCUT2D eigenvalue weighted by molar-refractivity contribution is 6.13. The Bertz CT molecular complexity index is 1100. The van der Waals surface area contributed by atoms with Gasteiger partial charge in [-0.2, -0.15) is 5.26 Å². The molecule has 0 aliphatic heterocycles. The first-order chi connectivity index (χ1) is 14.8. The normalized spacial score (nSPS) is 11.3. The smallest absolute Gasteiger partial charge is 0.141 e. The van der Waals surface area contributed by atoms with Crippen LogP contribution in [0, 0.1) is 11.3 Å². The lowest BCUT2D eigenvalue weighted by atomic mass is 9.99. The average Bonchev–Trinajstić information content (AvgIpc) is 2.84. The van der Waals surface area contributed by atoms with E-state index in [9.17, 15) is 5.26 Å². The number of nitrogens with zero attached hydrogens (tertiary/aromatic N) is 2. The lowest BCUT2D eigenvalue weighted by Gasteiger charge is -2.11. The van der Waals surface area contributed by atoms with Crippen molar-refractivity contribution >= 4 is 5.71 Å². The molecule has 4 aromatic rings. The van der Waals surface area contributed by atoms with E-state index in [4.69, 9.17) is 4.99 Å². The Labute approximate surface area is 177 Å². The Morgan fingerprint density at radius 2 is 1.10 bits per heavy atom. The third-order valence-corrected chi connectivity index (χ3v) is 5.02. The van der Waals surface area contributed by atoms with E-state index in [0.717, 1.165) is 22.4 Å². The van der Waals surface area contributed by atoms with Crippen LogP contribution in [-0.2, 0) is 6.42 Å². The van der Waals surface area contributed by atoms with Crippen molar-refractivity contribution in [3.8, 4) is 17.2 Å². The third kappa shape index (κ3) is 4.71. The fourth-order valence-electron chi connectivity index (χ4n) is 3.47. The number of hydrogen-bond donors (Lipinski definition) is 0. The highest BCUT2D eigenvalue weighted by atomic mass is 14.8. The van der Waals surface area contributed by atoms with Crippen LogP contribution < -0.4 is 0 Å². The number of hydrogen-bond acceptors (Lipinski definition) is 2. The molecule has 144 valence electrons. The van der Waals surface area contributed by atoms with Crippen LogP contribution in [0.4, 0.5) is 0 Å². The minimum atomic E-state index is -0.456. The quantitative estimate of drug-likeness (QED) is 0.357. The summed E-state index contributed by atoms with van der Waals surface area (Å²) in [4.78, 5) is 4.87. The Morgan fingerprint density at radius 1 is 0.633 bits per heavy atom. The Morgan fingerprint density at radius 3 is 1.60 bits per heavy atom. The van der Waals surface area contributed by atoms with Crippen LogP contribution in [0.25, 0.3) is 11.1 Å². The van der Waals surface area contributed by atoms with Gasteiger partial charge in [-0.3, -0.25) is 4.99 Å². The molecule has 0 spiro atoms. The van der Waals surface area contributed by atoms with Crippen LogP contribution in [0.5, 0.6) is 0 Å². The van der Waals surface area contributed by atoms with Gasteiger partial charge in [-0.25, -0.2) is 0 Å². The lowest BCUT2D eigenvalue weighted by Crippen LogP contribution is -2.12. The van der Waals surface area contributed by atoms with Crippen molar-refractivity contribution in [2.45, 2.75) is 12.5 Å². The van der Waals surface area contributed by atoms with Crippen LogP contribution >= 0.6 is 0 Å². The Hall–Kier alpha value is -3.96. The zero-order valence-corrected chi connectivity index (χ0v) is 16.6. The van der Waals surface area contributed by atoms with E-state index in [-0.39, 0.29) is 0 Å². The van der Waals surface area contributed by atoms with Gasteiger partial charge >= 0.3 is 0 Å². The van der Waals surface area contributed by atoms with Crippen molar-refractivity contribution in [3.63, 3.8) is 0 Å². The number of rotatable bonds is 6. The van der Waals surface area contributed by atoms with Gasteiger partial charge in [0.1, 0.15) is 6.04 Å². The largest absolute Gasteiger partial charge is 0.265 e. The summed E-state index contributed by atoms with van der Waals surface area (Å²) in [7, 11) is 0. The number of nitriles is 1. The molecule has 0 saturated heterocycles. The van der Waals surface area contributed by atoms with Crippen molar-refractivity contribution in [2.24, 2.45) is 4.99 Å². The highest BCUT2D eigenvalue weighted by Crippen LogP contribution is 2.20. The molecule has 0 amide bonds. The molecule has 0 saturated carbocycles. The monoisotopic (exact) mass is 386 g/mol. The average molecular weight is 386 g/mol. The molecular formula is C28H22N2. The summed E-state index contributed by atoms with van der Waals surface area (Å²) in [6, 6.07) is 40.7. The van der Waals surface area contributed by atoms with Crippen molar-refractivity contribution in [1.29, 1.82) is 5.26 Å². The standard InChI is InChI=1S/C28H22N2/c29-21-27(20-22-16-18-24(19-17-22)23-10-4-1-5-11-23)30-28(25-12-6-2-7-13-25)26-14-8-3-9-15-26/h1-19,27H,20H2. The predicted octanol–water partition coefficient (Wildman–Crippen LogP) is 6.33. The molecule has 4 aromatic carbocycles. The van der Waals surface area contributed by atoms with Crippen LogP contribution in [0.3, 0.4) is 0 Å². The van der Waals surface area contributed by atoms with E-state index in [2.05, 4.69) is 42.5 Å². The van der Waals surface area contributed by atoms with Crippen molar-refractivity contribution in [2.75, 3.05) is 0 Å². The Balaban J connectivity index is 1.61. The van der Waals surface area contributed by atoms with E-state index in [1.54, 1.807) is 0 Å². The molecule has 0 radical (unpaired) electrons. The molecular weight excluding hydrogens is 364 g/mol. The number of benzene rings is 4. The zero-order valence-electron chi connectivity index (χ0n) is 16.6. The molecule has 1 atom stereocenters. The Kier molecular flexibility index (Phi) is 6.13. The van der Waals surface area contributed by atoms with Gasteiger partial charge in [-0.1, -0.05) is 115 Å². The molecule has 30 heavy (non-hydrogen) atoms. The minimum Gasteiger partial charge on any atom is -0.265 e. The van der Waals surface area contributed by atoms with Gasteiger partial charge in [0, 0.05) is 17.5 Å². The van der Waals surface area contributed by atoms with Gasteiger partial charge in [-0.15, -0.1) is 0 Å². The topological polar surface area (TPSA) is 36.1 Å². The first-order valence-corrected chi connectivity index (χ1v) is 10.1. The maximum atomic E-state index is 9.81. The fraction of sp³-hybridized carbons (Fsp3) is 0.0714. The maximum absolute atomic E-state index is 9.81. The zero-order chi connectivity index (χ0) is 20.6. The van der Waals surface area contributed by atoms with E-state index in [1.807, 2.05) is 78.9 Å². The van der Waals surface area contributed by atoms with Crippen LogP contribution in [0.1, 0.15) is 16.7 Å². The van der Waals surface area contributed by atoms with Crippen LogP contribution in [0.2, 0.25) is 0 Å². The molecule has 0 aliphatic rings. The van der Waals surface area contributed by atoms with E-state index < -0.39 is 6.04 Å². The molecule has 1 unspecified atom stereocenters. The minimum absolute atomic E-state index is 0.456. The molecule has 2 nitrogen and oxygen atoms in total. The van der Waals surface area contributed by atoms with Gasteiger partial charge in [0.05, 0.1) is 11.8 Å². The summed E-state index contributed by atoms with van der Waals surface area (Å²) in [5.74, 6) is 0. The van der Waals surface area contributed by atoms with E-state index in [0.29, 0.717) is 6.42 Å². The van der Waals surface area contributed by atoms with Gasteiger partial charge in [0.25, 0.3) is 0 Å². The van der Waals surface area contributed by atoms with Crippen molar-refractivity contribution < 1.29 is 0 Å². The van der Waals surface area contributed by atoms with Crippen LogP contribution in [-0.4, -0.2) is 11.8 Å². The highest BCUT2D eigenvalue weighted by Gasteiger charge is 2.12. The second kappa shape index (κ2) is 9.49. The molecule has 0 heterocycles. The summed E-state index contributed by atoms with van der Waals surface area (Å²) in [5, 5.41) is 9.81. The first-order valence-electron chi connectivity index (χ1n) is 10.1. The molecule has 0 aliphatic carbocycles.